The van der Waals surface area contributed by atoms with Crippen LogP contribution in [0.1, 0.15) is 11.4 Å². The standard InChI is InChI=1S/C13H13BrN4S/c1-18(6-9-2-3-19-8-9)7-12-16-11-4-10(14)5-15-13(11)17-12/h2-5,8H,6-7H2,1H3,(H,15,16,17). The molecule has 3 heterocycles. The van der Waals surface area contributed by atoms with Crippen molar-refractivity contribution in [3.63, 3.8) is 0 Å². The number of hydrogen-bond donors (Lipinski definition) is 1. The van der Waals surface area contributed by atoms with Crippen LogP contribution in [0.2, 0.25) is 0 Å². The van der Waals surface area contributed by atoms with Gasteiger partial charge in [0.05, 0.1) is 12.1 Å². The zero-order chi connectivity index (χ0) is 13.2. The van der Waals surface area contributed by atoms with Gasteiger partial charge >= 0.3 is 0 Å². The quantitative estimate of drug-likeness (QED) is 0.793. The maximum atomic E-state index is 4.50. The SMILES string of the molecule is CN(Cc1ccsc1)Cc1nc2ncc(Br)cc2[nH]1. The van der Waals surface area contributed by atoms with Crippen molar-refractivity contribution < 1.29 is 0 Å². The largest absolute Gasteiger partial charge is 0.339 e. The Morgan fingerprint density at radius 1 is 1.42 bits per heavy atom. The van der Waals surface area contributed by atoms with E-state index in [1.807, 2.05) is 6.07 Å². The van der Waals surface area contributed by atoms with Crippen LogP contribution in [0.5, 0.6) is 0 Å². The third-order valence-corrected chi connectivity index (χ3v) is 3.97. The number of halogens is 1. The molecule has 0 aliphatic carbocycles. The summed E-state index contributed by atoms with van der Waals surface area (Å²) in [6.45, 7) is 1.71. The number of hydrogen-bond acceptors (Lipinski definition) is 4. The van der Waals surface area contributed by atoms with Gasteiger partial charge in [0.2, 0.25) is 0 Å². The van der Waals surface area contributed by atoms with Gasteiger partial charge in [-0.05, 0) is 51.4 Å². The third kappa shape index (κ3) is 3.02. The number of imidazole rings is 1. The summed E-state index contributed by atoms with van der Waals surface area (Å²) in [7, 11) is 2.09. The van der Waals surface area contributed by atoms with E-state index >= 15 is 0 Å². The van der Waals surface area contributed by atoms with Gasteiger partial charge in [-0.25, -0.2) is 9.97 Å². The van der Waals surface area contributed by atoms with Crippen LogP contribution in [0.3, 0.4) is 0 Å². The molecule has 0 spiro atoms. The van der Waals surface area contributed by atoms with Gasteiger partial charge in [0.25, 0.3) is 0 Å². The lowest BCUT2D eigenvalue weighted by molar-refractivity contribution is 0.312. The van der Waals surface area contributed by atoms with Gasteiger partial charge in [0, 0.05) is 17.2 Å². The number of pyridine rings is 1. The molecule has 0 aromatic carbocycles. The molecule has 0 fully saturated rings. The summed E-state index contributed by atoms with van der Waals surface area (Å²) in [5.41, 5.74) is 3.07. The number of thiophene rings is 1. The highest BCUT2D eigenvalue weighted by molar-refractivity contribution is 9.10. The van der Waals surface area contributed by atoms with Crippen LogP contribution in [0.15, 0.2) is 33.6 Å². The highest BCUT2D eigenvalue weighted by Gasteiger charge is 2.07. The van der Waals surface area contributed by atoms with Crippen LogP contribution in [0.4, 0.5) is 0 Å². The second-order valence-corrected chi connectivity index (χ2v) is 6.21. The summed E-state index contributed by atoms with van der Waals surface area (Å²) >= 11 is 5.14. The molecule has 19 heavy (non-hydrogen) atoms. The molecule has 0 aliphatic heterocycles. The van der Waals surface area contributed by atoms with Gasteiger partial charge < -0.3 is 4.98 Å². The fourth-order valence-electron chi connectivity index (χ4n) is 2.01. The predicted octanol–water partition coefficient (Wildman–Crippen LogP) is 3.41. The van der Waals surface area contributed by atoms with Crippen LogP contribution in [0.25, 0.3) is 11.2 Å². The molecule has 4 nitrogen and oxygen atoms in total. The molecular weight excluding hydrogens is 324 g/mol. The Morgan fingerprint density at radius 3 is 3.11 bits per heavy atom. The number of nitrogens with one attached hydrogen (secondary N) is 1. The monoisotopic (exact) mass is 336 g/mol. The first-order valence-corrected chi connectivity index (χ1v) is 7.64. The van der Waals surface area contributed by atoms with Crippen LogP contribution >= 0.6 is 27.3 Å². The molecule has 0 radical (unpaired) electrons. The Morgan fingerprint density at radius 2 is 2.32 bits per heavy atom. The van der Waals surface area contributed by atoms with Crippen LogP contribution in [-0.4, -0.2) is 26.9 Å². The number of H-pyrrole nitrogens is 1. The average Bonchev–Trinajstić information content (AvgIpc) is 2.97. The molecule has 0 saturated heterocycles. The van der Waals surface area contributed by atoms with Crippen molar-refractivity contribution >= 4 is 38.4 Å². The van der Waals surface area contributed by atoms with Crippen molar-refractivity contribution in [2.24, 2.45) is 0 Å². The predicted molar refractivity (Wildman–Crippen MR) is 81.1 cm³/mol. The first-order valence-electron chi connectivity index (χ1n) is 5.90. The first-order chi connectivity index (χ1) is 9.20. The van der Waals surface area contributed by atoms with Crippen molar-refractivity contribution in [3.05, 3.63) is 45.0 Å². The second kappa shape index (κ2) is 5.40. The molecule has 0 amide bonds. The van der Waals surface area contributed by atoms with Crippen LogP contribution < -0.4 is 0 Å². The summed E-state index contributed by atoms with van der Waals surface area (Å²) < 4.78 is 0.960. The third-order valence-electron chi connectivity index (χ3n) is 2.81. The zero-order valence-corrected chi connectivity index (χ0v) is 12.8. The van der Waals surface area contributed by atoms with Gasteiger partial charge in [-0.2, -0.15) is 11.3 Å². The summed E-state index contributed by atoms with van der Waals surface area (Å²) in [6, 6.07) is 4.15. The summed E-state index contributed by atoms with van der Waals surface area (Å²) in [6.07, 6.45) is 1.77. The summed E-state index contributed by atoms with van der Waals surface area (Å²) in [4.78, 5) is 14.3. The number of rotatable bonds is 4. The van der Waals surface area contributed by atoms with Crippen LogP contribution in [-0.2, 0) is 13.1 Å². The van der Waals surface area contributed by atoms with Crippen molar-refractivity contribution in [3.8, 4) is 0 Å². The number of fused-ring (bicyclic) bond motifs is 1. The highest BCUT2D eigenvalue weighted by Crippen LogP contribution is 2.16. The number of aromatic amines is 1. The molecule has 0 unspecified atom stereocenters. The maximum absolute atomic E-state index is 4.50. The molecule has 3 rings (SSSR count). The second-order valence-electron chi connectivity index (χ2n) is 4.51. The maximum Gasteiger partial charge on any atom is 0.177 e. The molecule has 3 aromatic heterocycles. The summed E-state index contributed by atoms with van der Waals surface area (Å²) in [5, 5.41) is 4.28. The van der Waals surface area contributed by atoms with Gasteiger partial charge in [-0.15, -0.1) is 0 Å². The smallest absolute Gasteiger partial charge is 0.177 e. The Balaban J connectivity index is 1.74. The van der Waals surface area contributed by atoms with E-state index in [-0.39, 0.29) is 0 Å². The molecular formula is C13H13BrN4S. The van der Waals surface area contributed by atoms with Crippen molar-refractivity contribution in [1.82, 2.24) is 19.9 Å². The molecule has 0 atom stereocenters. The van der Waals surface area contributed by atoms with E-state index in [1.54, 1.807) is 17.5 Å². The summed E-state index contributed by atoms with van der Waals surface area (Å²) in [5.74, 6) is 0.943. The van der Waals surface area contributed by atoms with E-state index in [1.165, 1.54) is 5.56 Å². The minimum atomic E-state index is 0.766. The van der Waals surface area contributed by atoms with E-state index in [0.717, 1.165) is 34.6 Å². The van der Waals surface area contributed by atoms with Gasteiger partial charge in [-0.3, -0.25) is 4.90 Å². The molecule has 0 saturated carbocycles. The van der Waals surface area contributed by atoms with E-state index in [2.05, 4.69) is 59.7 Å². The fraction of sp³-hybridized carbons (Fsp3) is 0.231. The fourth-order valence-corrected chi connectivity index (χ4v) is 3.00. The zero-order valence-electron chi connectivity index (χ0n) is 10.4. The van der Waals surface area contributed by atoms with E-state index in [0.29, 0.717) is 0 Å². The molecule has 6 heteroatoms. The molecule has 3 aromatic rings. The van der Waals surface area contributed by atoms with Crippen molar-refractivity contribution in [2.75, 3.05) is 7.05 Å². The lowest BCUT2D eigenvalue weighted by Gasteiger charge is -2.13. The molecule has 0 aliphatic rings. The van der Waals surface area contributed by atoms with E-state index < -0.39 is 0 Å². The van der Waals surface area contributed by atoms with Crippen LogP contribution in [0, 0.1) is 0 Å². The van der Waals surface area contributed by atoms with E-state index in [9.17, 15) is 0 Å². The molecule has 0 bridgehead atoms. The first kappa shape index (κ1) is 12.8. The Labute approximate surface area is 123 Å². The van der Waals surface area contributed by atoms with E-state index in [4.69, 9.17) is 0 Å². The lowest BCUT2D eigenvalue weighted by atomic mass is 10.3. The average molecular weight is 337 g/mol. The number of aromatic nitrogens is 3. The van der Waals surface area contributed by atoms with Crippen molar-refractivity contribution in [1.29, 1.82) is 0 Å². The molecule has 98 valence electrons. The molecule has 1 N–H and O–H groups in total. The van der Waals surface area contributed by atoms with Gasteiger partial charge in [-0.1, -0.05) is 0 Å². The van der Waals surface area contributed by atoms with Gasteiger partial charge in [0.1, 0.15) is 5.82 Å². The highest BCUT2D eigenvalue weighted by atomic mass is 79.9. The Bertz CT molecular complexity index is 677. The minimum absolute atomic E-state index is 0.766. The normalized spacial score (nSPS) is 11.5. The van der Waals surface area contributed by atoms with Crippen molar-refractivity contribution in [2.45, 2.75) is 13.1 Å². The Kier molecular flexibility index (Phi) is 3.63. The topological polar surface area (TPSA) is 44.8 Å². The lowest BCUT2D eigenvalue weighted by Crippen LogP contribution is -2.17. The van der Waals surface area contributed by atoms with Gasteiger partial charge in [0.15, 0.2) is 5.65 Å². The number of nitrogens with zero attached hydrogens (tertiary/aromatic N) is 3. The Hall–Kier alpha value is -1.24. The minimum Gasteiger partial charge on any atom is -0.339 e.